The molecule has 0 aromatic heterocycles. The summed E-state index contributed by atoms with van der Waals surface area (Å²) in [5, 5.41) is 6.66. The molecule has 0 saturated heterocycles. The Morgan fingerprint density at radius 3 is 2.78 bits per heavy atom. The summed E-state index contributed by atoms with van der Waals surface area (Å²) in [6.45, 7) is 5.13. The Morgan fingerprint density at radius 2 is 2.11 bits per heavy atom. The molecule has 1 heterocycles. The fourth-order valence-electron chi connectivity index (χ4n) is 1.99. The molecular weight excluding hydrogens is 226 g/mol. The van der Waals surface area contributed by atoms with Crippen LogP contribution in [0.4, 0.5) is 11.4 Å². The van der Waals surface area contributed by atoms with Crippen LogP contribution in [0, 0.1) is 0 Å². The van der Waals surface area contributed by atoms with Crippen molar-refractivity contribution in [1.29, 1.82) is 0 Å². The molecule has 0 bridgehead atoms. The van der Waals surface area contributed by atoms with Gasteiger partial charge in [-0.05, 0) is 44.7 Å². The zero-order chi connectivity index (χ0) is 13.3. The summed E-state index contributed by atoms with van der Waals surface area (Å²) in [6.07, 6.45) is 0.511. The average molecular weight is 247 g/mol. The molecule has 0 spiro atoms. The van der Waals surface area contributed by atoms with Gasteiger partial charge < -0.3 is 15.5 Å². The van der Waals surface area contributed by atoms with E-state index in [1.807, 2.05) is 26.2 Å². The van der Waals surface area contributed by atoms with Crippen LogP contribution in [0.1, 0.15) is 19.4 Å². The molecular formula is C14H21N3O. The standard InChI is InChI=1S/C14H21N3O/c1-14(2,15-3)9-16-11-5-6-12-10(7-11)8-13(18)17(12)4/h5-7,15-16H,8-9H2,1-4H3. The monoisotopic (exact) mass is 247 g/mol. The number of likely N-dealkylation sites (N-methyl/N-ethyl adjacent to an activating group) is 2. The molecule has 0 saturated carbocycles. The molecule has 1 amide bonds. The number of carbonyl (C=O) groups excluding carboxylic acids is 1. The first kappa shape index (κ1) is 12.9. The smallest absolute Gasteiger partial charge is 0.231 e. The molecule has 2 N–H and O–H groups in total. The Kier molecular flexibility index (Phi) is 3.30. The number of carbonyl (C=O) groups is 1. The maximum atomic E-state index is 11.6. The van der Waals surface area contributed by atoms with Gasteiger partial charge in [0.1, 0.15) is 0 Å². The lowest BCUT2D eigenvalue weighted by Gasteiger charge is -2.25. The second-order valence-electron chi connectivity index (χ2n) is 5.46. The summed E-state index contributed by atoms with van der Waals surface area (Å²) in [5.74, 6) is 0.165. The lowest BCUT2D eigenvalue weighted by atomic mass is 10.1. The first-order chi connectivity index (χ1) is 8.43. The van der Waals surface area contributed by atoms with E-state index in [-0.39, 0.29) is 11.4 Å². The molecule has 1 aromatic rings. The maximum Gasteiger partial charge on any atom is 0.231 e. The molecule has 0 unspecified atom stereocenters. The van der Waals surface area contributed by atoms with Crippen molar-refractivity contribution in [2.45, 2.75) is 25.8 Å². The molecule has 1 aromatic carbocycles. The minimum atomic E-state index is 0.0472. The summed E-state index contributed by atoms with van der Waals surface area (Å²) in [7, 11) is 3.78. The Morgan fingerprint density at radius 1 is 1.39 bits per heavy atom. The summed E-state index contributed by atoms with van der Waals surface area (Å²) >= 11 is 0. The fourth-order valence-corrected chi connectivity index (χ4v) is 1.99. The summed E-state index contributed by atoms with van der Waals surface area (Å²) in [6, 6.07) is 6.11. The highest BCUT2D eigenvalue weighted by Gasteiger charge is 2.24. The zero-order valence-electron chi connectivity index (χ0n) is 11.5. The number of nitrogens with zero attached hydrogens (tertiary/aromatic N) is 1. The highest BCUT2D eigenvalue weighted by molar-refractivity contribution is 6.01. The van der Waals surface area contributed by atoms with E-state index < -0.39 is 0 Å². The number of benzene rings is 1. The first-order valence-corrected chi connectivity index (χ1v) is 6.25. The molecule has 18 heavy (non-hydrogen) atoms. The Balaban J connectivity index is 2.10. The topological polar surface area (TPSA) is 44.4 Å². The van der Waals surface area contributed by atoms with E-state index in [1.54, 1.807) is 4.90 Å². The van der Waals surface area contributed by atoms with Gasteiger partial charge in [0, 0.05) is 30.5 Å². The fraction of sp³-hybridized carbons (Fsp3) is 0.500. The van der Waals surface area contributed by atoms with Gasteiger partial charge in [0.15, 0.2) is 0 Å². The molecule has 4 nitrogen and oxygen atoms in total. The van der Waals surface area contributed by atoms with Crippen LogP contribution in [0.15, 0.2) is 18.2 Å². The van der Waals surface area contributed by atoms with Gasteiger partial charge in [0.25, 0.3) is 0 Å². The zero-order valence-corrected chi connectivity index (χ0v) is 11.5. The Labute approximate surface area is 108 Å². The van der Waals surface area contributed by atoms with Crippen molar-refractivity contribution in [3.63, 3.8) is 0 Å². The predicted octanol–water partition coefficient (Wildman–Crippen LogP) is 1.62. The number of amides is 1. The number of fused-ring (bicyclic) bond motifs is 1. The van der Waals surface area contributed by atoms with Gasteiger partial charge in [-0.3, -0.25) is 4.79 Å². The van der Waals surface area contributed by atoms with Crippen LogP contribution in [0.25, 0.3) is 0 Å². The van der Waals surface area contributed by atoms with Crippen molar-refractivity contribution < 1.29 is 4.79 Å². The molecule has 0 atom stereocenters. The van der Waals surface area contributed by atoms with Gasteiger partial charge in [-0.15, -0.1) is 0 Å². The predicted molar refractivity (Wildman–Crippen MR) is 75.2 cm³/mol. The second-order valence-corrected chi connectivity index (χ2v) is 5.46. The largest absolute Gasteiger partial charge is 0.383 e. The highest BCUT2D eigenvalue weighted by atomic mass is 16.2. The first-order valence-electron chi connectivity index (χ1n) is 6.25. The molecule has 0 aliphatic carbocycles. The quantitative estimate of drug-likeness (QED) is 0.849. The van der Waals surface area contributed by atoms with Crippen molar-refractivity contribution >= 4 is 17.3 Å². The van der Waals surface area contributed by atoms with E-state index in [9.17, 15) is 4.79 Å². The number of anilines is 2. The minimum Gasteiger partial charge on any atom is -0.383 e. The summed E-state index contributed by atoms with van der Waals surface area (Å²) in [4.78, 5) is 13.3. The average Bonchev–Trinajstić information content (AvgIpc) is 2.62. The number of rotatable bonds is 4. The normalized spacial score (nSPS) is 14.9. The SMILES string of the molecule is CNC(C)(C)CNc1ccc2c(c1)CC(=O)N2C. The Hall–Kier alpha value is -1.55. The molecule has 1 aliphatic rings. The van der Waals surface area contributed by atoms with Gasteiger partial charge in [-0.25, -0.2) is 0 Å². The van der Waals surface area contributed by atoms with Gasteiger partial charge in [0.05, 0.1) is 6.42 Å². The molecule has 98 valence electrons. The van der Waals surface area contributed by atoms with Crippen LogP contribution < -0.4 is 15.5 Å². The third kappa shape index (κ3) is 2.48. The third-order valence-electron chi connectivity index (χ3n) is 3.57. The molecule has 0 radical (unpaired) electrons. The van der Waals surface area contributed by atoms with E-state index in [4.69, 9.17) is 0 Å². The van der Waals surface area contributed by atoms with Crippen molar-refractivity contribution in [3.8, 4) is 0 Å². The molecule has 1 aliphatic heterocycles. The number of nitrogens with one attached hydrogen (secondary N) is 2. The maximum absolute atomic E-state index is 11.6. The van der Waals surface area contributed by atoms with Crippen molar-refractivity contribution in [1.82, 2.24) is 5.32 Å². The lowest BCUT2D eigenvalue weighted by molar-refractivity contribution is -0.117. The van der Waals surface area contributed by atoms with Crippen LogP contribution in [0.2, 0.25) is 0 Å². The van der Waals surface area contributed by atoms with Crippen LogP contribution >= 0.6 is 0 Å². The van der Waals surface area contributed by atoms with Crippen LogP contribution in [-0.2, 0) is 11.2 Å². The molecule has 2 rings (SSSR count). The van der Waals surface area contributed by atoms with Gasteiger partial charge >= 0.3 is 0 Å². The summed E-state index contributed by atoms with van der Waals surface area (Å²) in [5.41, 5.74) is 3.25. The summed E-state index contributed by atoms with van der Waals surface area (Å²) < 4.78 is 0. The second kappa shape index (κ2) is 4.61. The van der Waals surface area contributed by atoms with E-state index in [2.05, 4.69) is 30.5 Å². The van der Waals surface area contributed by atoms with Crippen molar-refractivity contribution in [2.24, 2.45) is 0 Å². The highest BCUT2D eigenvalue weighted by Crippen LogP contribution is 2.30. The van der Waals surface area contributed by atoms with Crippen LogP contribution in [0.3, 0.4) is 0 Å². The van der Waals surface area contributed by atoms with Crippen LogP contribution in [0.5, 0.6) is 0 Å². The van der Waals surface area contributed by atoms with E-state index >= 15 is 0 Å². The van der Waals surface area contributed by atoms with Gasteiger partial charge in [-0.1, -0.05) is 0 Å². The van der Waals surface area contributed by atoms with Gasteiger partial charge in [-0.2, -0.15) is 0 Å². The molecule has 0 fully saturated rings. The lowest BCUT2D eigenvalue weighted by Crippen LogP contribution is -2.42. The van der Waals surface area contributed by atoms with E-state index in [0.717, 1.165) is 23.5 Å². The van der Waals surface area contributed by atoms with Crippen molar-refractivity contribution in [2.75, 3.05) is 30.9 Å². The van der Waals surface area contributed by atoms with E-state index in [0.29, 0.717) is 6.42 Å². The number of hydrogen-bond acceptors (Lipinski definition) is 3. The molecule has 4 heteroatoms. The Bertz CT molecular complexity index is 468. The minimum absolute atomic E-state index is 0.0472. The van der Waals surface area contributed by atoms with E-state index in [1.165, 1.54) is 0 Å². The number of hydrogen-bond donors (Lipinski definition) is 2. The third-order valence-corrected chi connectivity index (χ3v) is 3.57. The van der Waals surface area contributed by atoms with Crippen molar-refractivity contribution in [3.05, 3.63) is 23.8 Å². The van der Waals surface area contributed by atoms with Crippen LogP contribution in [-0.4, -0.2) is 32.1 Å². The van der Waals surface area contributed by atoms with Gasteiger partial charge in [0.2, 0.25) is 5.91 Å².